The van der Waals surface area contributed by atoms with E-state index in [9.17, 15) is 0 Å². The second-order valence-electron chi connectivity index (χ2n) is 10.2. The van der Waals surface area contributed by atoms with Crippen molar-refractivity contribution in [3.05, 3.63) is 60.2 Å². The highest BCUT2D eigenvalue weighted by Gasteiger charge is 2.21. The Kier molecular flexibility index (Phi) is 8.14. The average molecular weight is 383 g/mol. The Morgan fingerprint density at radius 2 is 1.04 bits per heavy atom. The molecule has 4 heteroatoms. The molecule has 0 aliphatic carbocycles. The molecule has 0 atom stereocenters. The zero-order valence-electron chi connectivity index (χ0n) is 18.7. The van der Waals surface area contributed by atoms with Gasteiger partial charge in [0.05, 0.1) is 11.4 Å². The van der Waals surface area contributed by atoms with Gasteiger partial charge in [0.1, 0.15) is 0 Å². The Bertz CT molecular complexity index is 610. The maximum absolute atomic E-state index is 4.54. The molecule has 0 saturated heterocycles. The lowest BCUT2D eigenvalue weighted by atomic mass is 9.95. The summed E-state index contributed by atoms with van der Waals surface area (Å²) in [5.41, 5.74) is 2.78. The Hall–Kier alpha value is -1.78. The first-order valence-corrected chi connectivity index (χ1v) is 10.4. The monoisotopic (exact) mass is 382 g/mol. The van der Waals surface area contributed by atoms with Crippen molar-refractivity contribution in [1.82, 2.24) is 19.8 Å². The van der Waals surface area contributed by atoms with E-state index in [4.69, 9.17) is 0 Å². The molecule has 0 amide bonds. The van der Waals surface area contributed by atoms with Crippen LogP contribution in [0, 0.1) is 10.8 Å². The molecule has 0 radical (unpaired) electrons. The summed E-state index contributed by atoms with van der Waals surface area (Å²) in [6, 6.07) is 12.4. The van der Waals surface area contributed by atoms with Gasteiger partial charge in [0.15, 0.2) is 0 Å². The van der Waals surface area contributed by atoms with Crippen LogP contribution in [-0.2, 0) is 13.1 Å². The van der Waals surface area contributed by atoms with Gasteiger partial charge in [-0.05, 0) is 35.1 Å². The zero-order chi connectivity index (χ0) is 20.6. The van der Waals surface area contributed by atoms with E-state index in [1.807, 2.05) is 24.5 Å². The minimum absolute atomic E-state index is 0.255. The Morgan fingerprint density at radius 3 is 1.32 bits per heavy atom. The van der Waals surface area contributed by atoms with E-state index < -0.39 is 0 Å². The third-order valence-corrected chi connectivity index (χ3v) is 4.35. The number of pyridine rings is 2. The van der Waals surface area contributed by atoms with E-state index in [1.165, 1.54) is 0 Å². The summed E-state index contributed by atoms with van der Waals surface area (Å²) >= 11 is 0. The molecule has 0 N–H and O–H groups in total. The lowest BCUT2D eigenvalue weighted by Gasteiger charge is -2.34. The number of hydrogen-bond acceptors (Lipinski definition) is 4. The normalized spacial score (nSPS) is 12.7. The second kappa shape index (κ2) is 10.1. The molecule has 4 nitrogen and oxygen atoms in total. The number of rotatable bonds is 9. The van der Waals surface area contributed by atoms with Gasteiger partial charge >= 0.3 is 0 Å². The van der Waals surface area contributed by atoms with E-state index >= 15 is 0 Å². The van der Waals surface area contributed by atoms with E-state index in [1.54, 1.807) is 0 Å². The third kappa shape index (κ3) is 9.43. The topological polar surface area (TPSA) is 32.3 Å². The minimum Gasteiger partial charge on any atom is -0.296 e. The van der Waals surface area contributed by atoms with Crippen molar-refractivity contribution < 1.29 is 0 Å². The zero-order valence-corrected chi connectivity index (χ0v) is 18.7. The smallest absolute Gasteiger partial charge is 0.0543 e. The SMILES string of the molecule is CC(C)(C)CN(CCN(Cc1ccccn1)CC(C)(C)C)Cc1ccccn1. The molecule has 0 fully saturated rings. The molecule has 0 spiro atoms. The van der Waals surface area contributed by atoms with Crippen LogP contribution in [0.15, 0.2) is 48.8 Å². The molecule has 0 unspecified atom stereocenters. The summed E-state index contributed by atoms with van der Waals surface area (Å²) in [5.74, 6) is 0. The maximum Gasteiger partial charge on any atom is 0.0543 e. The Morgan fingerprint density at radius 1 is 0.643 bits per heavy atom. The summed E-state index contributed by atoms with van der Waals surface area (Å²) in [5, 5.41) is 0. The predicted molar refractivity (Wildman–Crippen MR) is 118 cm³/mol. The van der Waals surface area contributed by atoms with Gasteiger partial charge in [-0.25, -0.2) is 0 Å². The highest BCUT2D eigenvalue weighted by Crippen LogP contribution is 2.19. The molecule has 28 heavy (non-hydrogen) atoms. The van der Waals surface area contributed by atoms with Gasteiger partial charge in [-0.15, -0.1) is 0 Å². The van der Waals surface area contributed by atoms with Gasteiger partial charge in [0.25, 0.3) is 0 Å². The quantitative estimate of drug-likeness (QED) is 0.619. The van der Waals surface area contributed by atoms with Crippen molar-refractivity contribution >= 4 is 0 Å². The van der Waals surface area contributed by atoms with E-state index in [0.29, 0.717) is 0 Å². The molecule has 2 aromatic rings. The van der Waals surface area contributed by atoms with Crippen LogP contribution in [0.5, 0.6) is 0 Å². The summed E-state index contributed by atoms with van der Waals surface area (Å²) < 4.78 is 0. The summed E-state index contributed by atoms with van der Waals surface area (Å²) in [6.07, 6.45) is 3.77. The molecule has 0 saturated carbocycles. The standard InChI is InChI=1S/C24H38N4/c1-23(2,3)19-27(17-21-11-7-9-13-25-21)15-16-28(20-24(4,5)6)18-22-12-8-10-14-26-22/h7-14H,15-20H2,1-6H3. The third-order valence-electron chi connectivity index (χ3n) is 4.35. The fraction of sp³-hybridized carbons (Fsp3) is 0.583. The van der Waals surface area contributed by atoms with Crippen molar-refractivity contribution in [2.75, 3.05) is 26.2 Å². The van der Waals surface area contributed by atoms with Crippen LogP contribution in [0.25, 0.3) is 0 Å². The minimum atomic E-state index is 0.255. The van der Waals surface area contributed by atoms with E-state index in [-0.39, 0.29) is 10.8 Å². The van der Waals surface area contributed by atoms with Gasteiger partial charge in [-0.3, -0.25) is 19.8 Å². The van der Waals surface area contributed by atoms with Gasteiger partial charge in [-0.1, -0.05) is 53.7 Å². The van der Waals surface area contributed by atoms with Crippen LogP contribution in [0.4, 0.5) is 0 Å². The van der Waals surface area contributed by atoms with Crippen molar-refractivity contribution in [1.29, 1.82) is 0 Å². The summed E-state index contributed by atoms with van der Waals surface area (Å²) in [6.45, 7) is 19.8. The average Bonchev–Trinajstić information content (AvgIpc) is 2.59. The first-order chi connectivity index (χ1) is 13.1. The Labute approximate surface area is 172 Å². The second-order valence-corrected chi connectivity index (χ2v) is 10.2. The first kappa shape index (κ1) is 22.5. The van der Waals surface area contributed by atoms with Gasteiger partial charge in [-0.2, -0.15) is 0 Å². The predicted octanol–water partition coefficient (Wildman–Crippen LogP) is 4.87. The van der Waals surface area contributed by atoms with Gasteiger partial charge < -0.3 is 0 Å². The molecule has 0 aliphatic heterocycles. The van der Waals surface area contributed by atoms with Crippen LogP contribution < -0.4 is 0 Å². The van der Waals surface area contributed by atoms with Crippen molar-refractivity contribution in [2.45, 2.75) is 54.6 Å². The van der Waals surface area contributed by atoms with Crippen LogP contribution >= 0.6 is 0 Å². The highest BCUT2D eigenvalue weighted by molar-refractivity contribution is 5.04. The van der Waals surface area contributed by atoms with Crippen LogP contribution in [0.2, 0.25) is 0 Å². The first-order valence-electron chi connectivity index (χ1n) is 10.4. The molecule has 2 rings (SSSR count). The van der Waals surface area contributed by atoms with Crippen LogP contribution in [0.3, 0.4) is 0 Å². The largest absolute Gasteiger partial charge is 0.296 e. The summed E-state index contributed by atoms with van der Waals surface area (Å²) in [7, 11) is 0. The van der Waals surface area contributed by atoms with Crippen molar-refractivity contribution in [3.63, 3.8) is 0 Å². The molecule has 0 aliphatic rings. The Balaban J connectivity index is 2.05. The molecular formula is C24H38N4. The molecule has 0 aromatic carbocycles. The molecule has 2 aromatic heterocycles. The van der Waals surface area contributed by atoms with E-state index in [0.717, 1.165) is 50.7 Å². The lowest BCUT2D eigenvalue weighted by molar-refractivity contribution is 0.127. The van der Waals surface area contributed by atoms with Crippen molar-refractivity contribution in [2.24, 2.45) is 10.8 Å². The lowest BCUT2D eigenvalue weighted by Crippen LogP contribution is -2.41. The molecule has 154 valence electrons. The van der Waals surface area contributed by atoms with E-state index in [2.05, 4.69) is 85.6 Å². The van der Waals surface area contributed by atoms with Crippen molar-refractivity contribution in [3.8, 4) is 0 Å². The number of aromatic nitrogens is 2. The van der Waals surface area contributed by atoms with Gasteiger partial charge in [0.2, 0.25) is 0 Å². The maximum atomic E-state index is 4.54. The fourth-order valence-corrected chi connectivity index (χ4v) is 3.49. The number of nitrogens with zero attached hydrogens (tertiary/aromatic N) is 4. The van der Waals surface area contributed by atoms with Gasteiger partial charge in [0, 0.05) is 51.7 Å². The van der Waals surface area contributed by atoms with Crippen LogP contribution in [-0.4, -0.2) is 45.9 Å². The highest BCUT2D eigenvalue weighted by atomic mass is 15.2. The van der Waals surface area contributed by atoms with Crippen LogP contribution in [0.1, 0.15) is 52.9 Å². The molecule has 0 bridgehead atoms. The molecular weight excluding hydrogens is 344 g/mol. The molecule has 2 heterocycles. The fourth-order valence-electron chi connectivity index (χ4n) is 3.49. The number of hydrogen-bond donors (Lipinski definition) is 0. The summed E-state index contributed by atoms with van der Waals surface area (Å²) in [4.78, 5) is 14.2.